The summed E-state index contributed by atoms with van der Waals surface area (Å²) in [5.41, 5.74) is 2.08. The monoisotopic (exact) mass is 443 g/mol. The minimum Gasteiger partial charge on any atom is -0.444 e. The smallest absolute Gasteiger partial charge is 0.322 e. The van der Waals surface area contributed by atoms with E-state index in [2.05, 4.69) is 27.4 Å². The molecule has 3 aromatic rings. The Bertz CT molecular complexity index is 1060. The molecule has 164 valence electrons. The summed E-state index contributed by atoms with van der Waals surface area (Å²) in [4.78, 5) is 19.0. The van der Waals surface area contributed by atoms with Gasteiger partial charge in [0.2, 0.25) is 17.7 Å². The van der Waals surface area contributed by atoms with Crippen molar-refractivity contribution in [3.63, 3.8) is 0 Å². The zero-order valence-corrected chi connectivity index (χ0v) is 18.6. The second kappa shape index (κ2) is 9.09. The number of urea groups is 1. The molecule has 0 bridgehead atoms. The summed E-state index contributed by atoms with van der Waals surface area (Å²) in [6, 6.07) is 5.44. The molecule has 0 radical (unpaired) electrons. The molecule has 4 rings (SSSR count). The highest BCUT2D eigenvalue weighted by Crippen LogP contribution is 2.31. The number of halogens is 1. The van der Waals surface area contributed by atoms with Gasteiger partial charge in [-0.15, -0.1) is 10.2 Å². The van der Waals surface area contributed by atoms with Gasteiger partial charge in [-0.25, -0.2) is 9.78 Å². The molecule has 3 heterocycles. The third-order valence-corrected chi connectivity index (χ3v) is 5.89. The van der Waals surface area contributed by atoms with Gasteiger partial charge >= 0.3 is 6.03 Å². The number of rotatable bonds is 7. The number of oxazole rings is 1. The molecule has 1 aliphatic heterocycles. The van der Waals surface area contributed by atoms with E-state index in [-0.39, 0.29) is 12.1 Å². The lowest BCUT2D eigenvalue weighted by Crippen LogP contribution is -2.53. The van der Waals surface area contributed by atoms with Gasteiger partial charge in [0.15, 0.2) is 0 Å². The largest absolute Gasteiger partial charge is 0.444 e. The van der Waals surface area contributed by atoms with Crippen LogP contribution in [0.5, 0.6) is 0 Å². The Balaban J connectivity index is 1.32. The molecule has 9 heteroatoms. The summed E-state index contributed by atoms with van der Waals surface area (Å²) >= 11 is 6.30. The summed E-state index contributed by atoms with van der Waals surface area (Å²) in [5, 5.41) is 11.4. The van der Waals surface area contributed by atoms with E-state index in [1.807, 2.05) is 11.8 Å². The standard InChI is InChI=1S/C22H26ClN5O3/c1-13(4-7-20-27-26-15(3)31-20)10-17-8-9-28(17)22(29)25-16-5-6-19(23)18(11-16)21-24-14(2)12-30-21/h5-6,11-13,17H,4,7-10H2,1-3H3,(H,25,29)/t13-,17-/m0/s1. The molecule has 1 aliphatic rings. The van der Waals surface area contributed by atoms with Crippen LogP contribution in [0.3, 0.4) is 0 Å². The molecule has 2 aromatic heterocycles. The lowest BCUT2D eigenvalue weighted by molar-refractivity contribution is 0.108. The van der Waals surface area contributed by atoms with Crippen molar-refractivity contribution in [1.82, 2.24) is 20.1 Å². The third kappa shape index (κ3) is 5.07. The number of nitrogens with one attached hydrogen (secondary N) is 1. The SMILES string of the molecule is Cc1coc(-c2cc(NC(=O)N3CC[C@H]3C[C@@H](C)CCc3nnc(C)o3)ccc2Cl)n1. The second-order valence-corrected chi connectivity index (χ2v) is 8.56. The lowest BCUT2D eigenvalue weighted by Gasteiger charge is -2.42. The lowest BCUT2D eigenvalue weighted by atomic mass is 9.90. The van der Waals surface area contributed by atoms with Gasteiger partial charge in [0.25, 0.3) is 0 Å². The van der Waals surface area contributed by atoms with Crippen molar-refractivity contribution in [3.8, 4) is 11.5 Å². The molecule has 2 atom stereocenters. The van der Waals surface area contributed by atoms with E-state index >= 15 is 0 Å². The van der Waals surface area contributed by atoms with E-state index in [1.165, 1.54) is 0 Å². The van der Waals surface area contributed by atoms with E-state index < -0.39 is 0 Å². The number of amides is 2. The van der Waals surface area contributed by atoms with Gasteiger partial charge in [-0.1, -0.05) is 18.5 Å². The normalized spacial score (nSPS) is 16.8. The summed E-state index contributed by atoms with van der Waals surface area (Å²) in [7, 11) is 0. The summed E-state index contributed by atoms with van der Waals surface area (Å²) in [6.45, 7) is 6.59. The first kappa shape index (κ1) is 21.4. The van der Waals surface area contributed by atoms with Crippen molar-refractivity contribution in [2.24, 2.45) is 5.92 Å². The predicted molar refractivity (Wildman–Crippen MR) is 117 cm³/mol. The van der Waals surface area contributed by atoms with Crippen molar-refractivity contribution in [2.45, 2.75) is 52.5 Å². The molecule has 8 nitrogen and oxygen atoms in total. The molecule has 0 spiro atoms. The fourth-order valence-electron chi connectivity index (χ4n) is 3.78. The number of nitrogens with zero attached hydrogens (tertiary/aromatic N) is 4. The van der Waals surface area contributed by atoms with Crippen LogP contribution in [0.25, 0.3) is 11.5 Å². The number of aromatic nitrogens is 3. The number of aryl methyl sites for hydroxylation is 3. The molecule has 0 saturated carbocycles. The van der Waals surface area contributed by atoms with E-state index in [9.17, 15) is 4.79 Å². The van der Waals surface area contributed by atoms with E-state index in [4.69, 9.17) is 20.4 Å². The third-order valence-electron chi connectivity index (χ3n) is 5.57. The Labute approximate surface area is 186 Å². The first-order chi connectivity index (χ1) is 14.9. The molecule has 0 aliphatic carbocycles. The maximum Gasteiger partial charge on any atom is 0.322 e. The zero-order chi connectivity index (χ0) is 22.0. The summed E-state index contributed by atoms with van der Waals surface area (Å²) in [6.07, 6.45) is 5.24. The molecule has 1 fully saturated rings. The average molecular weight is 444 g/mol. The van der Waals surface area contributed by atoms with Crippen LogP contribution < -0.4 is 5.32 Å². The summed E-state index contributed by atoms with van der Waals surface area (Å²) < 4.78 is 10.9. The second-order valence-electron chi connectivity index (χ2n) is 8.15. The Morgan fingerprint density at radius 1 is 1.35 bits per heavy atom. The van der Waals surface area contributed by atoms with Gasteiger partial charge in [-0.2, -0.15) is 0 Å². The Hall–Kier alpha value is -2.87. The number of likely N-dealkylation sites (tertiary alicyclic amines) is 1. The minimum atomic E-state index is -0.104. The Kier molecular flexibility index (Phi) is 6.27. The number of hydrogen-bond donors (Lipinski definition) is 1. The van der Waals surface area contributed by atoms with Crippen LogP contribution in [-0.2, 0) is 6.42 Å². The first-order valence-electron chi connectivity index (χ1n) is 10.5. The highest BCUT2D eigenvalue weighted by molar-refractivity contribution is 6.33. The maximum atomic E-state index is 12.8. The van der Waals surface area contributed by atoms with Crippen LogP contribution in [-0.4, -0.2) is 38.7 Å². The molecule has 1 aromatic carbocycles. The fourth-order valence-corrected chi connectivity index (χ4v) is 3.98. The first-order valence-corrected chi connectivity index (χ1v) is 10.9. The van der Waals surface area contributed by atoms with Crippen LogP contribution >= 0.6 is 11.6 Å². The number of benzene rings is 1. The number of hydrogen-bond acceptors (Lipinski definition) is 6. The average Bonchev–Trinajstić information content (AvgIpc) is 3.33. The van der Waals surface area contributed by atoms with Crippen LogP contribution in [0.2, 0.25) is 5.02 Å². The van der Waals surface area contributed by atoms with Crippen LogP contribution in [0.4, 0.5) is 10.5 Å². The zero-order valence-electron chi connectivity index (χ0n) is 17.9. The molecule has 2 amide bonds. The quantitative estimate of drug-likeness (QED) is 0.534. The number of carbonyl (C=O) groups is 1. The van der Waals surface area contributed by atoms with Crippen molar-refractivity contribution in [3.05, 3.63) is 47.0 Å². The molecule has 1 saturated heterocycles. The van der Waals surface area contributed by atoms with Gasteiger partial charge in [-0.3, -0.25) is 0 Å². The van der Waals surface area contributed by atoms with Crippen molar-refractivity contribution in [2.75, 3.05) is 11.9 Å². The van der Waals surface area contributed by atoms with Gasteiger partial charge in [0.05, 0.1) is 16.3 Å². The maximum absolute atomic E-state index is 12.8. The van der Waals surface area contributed by atoms with Crippen LogP contribution in [0.1, 0.15) is 43.7 Å². The minimum absolute atomic E-state index is 0.104. The van der Waals surface area contributed by atoms with E-state index in [1.54, 1.807) is 31.4 Å². The number of carbonyl (C=O) groups excluding carboxylic acids is 1. The summed E-state index contributed by atoms with van der Waals surface area (Å²) in [5.74, 6) is 2.15. The van der Waals surface area contributed by atoms with E-state index in [0.29, 0.717) is 39.9 Å². The highest BCUT2D eigenvalue weighted by Gasteiger charge is 2.33. The van der Waals surface area contributed by atoms with Crippen molar-refractivity contribution in [1.29, 1.82) is 0 Å². The van der Waals surface area contributed by atoms with Gasteiger partial charge in [-0.05, 0) is 50.3 Å². The molecule has 0 unspecified atom stereocenters. The van der Waals surface area contributed by atoms with Crippen molar-refractivity contribution >= 4 is 23.3 Å². The number of anilines is 1. The van der Waals surface area contributed by atoms with Gasteiger partial charge < -0.3 is 19.1 Å². The van der Waals surface area contributed by atoms with E-state index in [0.717, 1.165) is 37.9 Å². The Morgan fingerprint density at radius 2 is 2.19 bits per heavy atom. The highest BCUT2D eigenvalue weighted by atomic mass is 35.5. The molecule has 1 N–H and O–H groups in total. The predicted octanol–water partition coefficient (Wildman–Crippen LogP) is 5.26. The fraction of sp³-hybridized carbons (Fsp3) is 0.455. The molecule has 31 heavy (non-hydrogen) atoms. The van der Waals surface area contributed by atoms with Crippen LogP contribution in [0.15, 0.2) is 33.3 Å². The molecular formula is C22H26ClN5O3. The van der Waals surface area contributed by atoms with Crippen molar-refractivity contribution < 1.29 is 13.6 Å². The Morgan fingerprint density at radius 3 is 2.84 bits per heavy atom. The van der Waals surface area contributed by atoms with Crippen LogP contribution in [0, 0.1) is 19.8 Å². The van der Waals surface area contributed by atoms with Gasteiger partial charge in [0, 0.05) is 31.6 Å². The van der Waals surface area contributed by atoms with Gasteiger partial charge in [0.1, 0.15) is 6.26 Å². The molecular weight excluding hydrogens is 418 g/mol. The topological polar surface area (TPSA) is 97.3 Å².